The van der Waals surface area contributed by atoms with E-state index in [4.69, 9.17) is 5.11 Å². The molecule has 0 aromatic heterocycles. The van der Waals surface area contributed by atoms with E-state index >= 15 is 0 Å². The van der Waals surface area contributed by atoms with E-state index < -0.39 is 12.1 Å². The highest BCUT2D eigenvalue weighted by Crippen LogP contribution is 2.51. The van der Waals surface area contributed by atoms with Crippen molar-refractivity contribution in [1.29, 1.82) is 0 Å². The van der Waals surface area contributed by atoms with E-state index in [1.165, 1.54) is 18.3 Å². The Morgan fingerprint density at radius 1 is 1.18 bits per heavy atom. The number of hydrogen-bond donors (Lipinski definition) is 2. The molecule has 3 aliphatic rings. The number of hydrogen-bond acceptors (Lipinski definition) is 4. The smallest absolute Gasteiger partial charge is 0.434 e. The predicted molar refractivity (Wildman–Crippen MR) is 79.5 cm³/mol. The van der Waals surface area contributed by atoms with E-state index in [2.05, 4.69) is 4.74 Å². The quantitative estimate of drug-likeness (QED) is 0.555. The Hall–Kier alpha value is -1.30. The van der Waals surface area contributed by atoms with Gasteiger partial charge in [-0.2, -0.15) is 5.06 Å². The number of fused-ring (bicyclic) bond motifs is 1. The first-order valence-corrected chi connectivity index (χ1v) is 8.44. The summed E-state index contributed by atoms with van der Waals surface area (Å²) in [4.78, 5) is 21.0. The van der Waals surface area contributed by atoms with Crippen LogP contribution in [0.25, 0.3) is 0 Å². The van der Waals surface area contributed by atoms with Crippen LogP contribution in [0, 0.1) is 11.8 Å². The molecule has 1 aliphatic heterocycles. The Kier molecular flexibility index (Phi) is 6.49. The van der Waals surface area contributed by atoms with Crippen molar-refractivity contribution in [3.63, 3.8) is 0 Å². The van der Waals surface area contributed by atoms with Gasteiger partial charge in [0.05, 0.1) is 6.04 Å². The summed E-state index contributed by atoms with van der Waals surface area (Å²) in [5.74, 6) is 1.66. The molecule has 6 heteroatoms. The Labute approximate surface area is 131 Å². The van der Waals surface area contributed by atoms with Crippen LogP contribution in [-0.2, 0) is 9.53 Å². The van der Waals surface area contributed by atoms with Gasteiger partial charge < -0.3 is 9.84 Å². The van der Waals surface area contributed by atoms with Crippen LogP contribution in [0.1, 0.15) is 64.2 Å². The third-order valence-electron chi connectivity index (χ3n) is 4.83. The molecule has 1 amide bonds. The van der Waals surface area contributed by atoms with Gasteiger partial charge in [0.2, 0.25) is 0 Å². The third kappa shape index (κ3) is 5.48. The van der Waals surface area contributed by atoms with E-state index in [1.807, 2.05) is 0 Å². The molecule has 0 aromatic rings. The van der Waals surface area contributed by atoms with Crippen LogP contribution >= 0.6 is 0 Å². The summed E-state index contributed by atoms with van der Waals surface area (Å²) in [5.41, 5.74) is 0. The zero-order chi connectivity index (χ0) is 15.9. The maximum absolute atomic E-state index is 10.8. The molecule has 2 N–H and O–H groups in total. The molecule has 1 saturated heterocycles. The highest BCUT2D eigenvalue weighted by atomic mass is 16.6. The molecular formula is C16H27NO5. The second-order valence-electron chi connectivity index (χ2n) is 6.61. The topological polar surface area (TPSA) is 87.1 Å². The summed E-state index contributed by atoms with van der Waals surface area (Å²) in [6.45, 7) is 0.241. The molecule has 3 fully saturated rings. The number of amides is 1. The average Bonchev–Trinajstić information content (AvgIpc) is 2.96. The molecule has 3 unspecified atom stereocenters. The van der Waals surface area contributed by atoms with Gasteiger partial charge in [-0.15, -0.1) is 0 Å². The number of ether oxygens (including phenoxy) is 1. The van der Waals surface area contributed by atoms with E-state index in [-0.39, 0.29) is 19.1 Å². The fourth-order valence-electron chi connectivity index (χ4n) is 3.33. The number of carboxylic acids is 1. The highest BCUT2D eigenvalue weighted by molar-refractivity contribution is 5.68. The molecule has 0 spiro atoms. The Bertz CT molecular complexity index is 379. The second kappa shape index (κ2) is 8.36. The van der Waals surface area contributed by atoms with Gasteiger partial charge in [0.15, 0.2) is 0 Å². The van der Waals surface area contributed by atoms with Gasteiger partial charge in [-0.1, -0.05) is 38.5 Å². The van der Waals surface area contributed by atoms with Crippen LogP contribution in [0.3, 0.4) is 0 Å². The maximum atomic E-state index is 10.8. The molecule has 0 radical (unpaired) electrons. The van der Waals surface area contributed by atoms with Gasteiger partial charge in [0, 0.05) is 6.42 Å². The minimum atomic E-state index is -0.767. The van der Waals surface area contributed by atoms with Gasteiger partial charge in [0.25, 0.3) is 0 Å². The number of rotatable bonds is 7. The van der Waals surface area contributed by atoms with Crippen molar-refractivity contribution in [1.82, 2.24) is 5.06 Å². The summed E-state index contributed by atoms with van der Waals surface area (Å²) in [6, 6.07) is -0.244. The molecule has 126 valence electrons. The highest BCUT2D eigenvalue weighted by Gasteiger charge is 2.40. The molecule has 3 atom stereocenters. The van der Waals surface area contributed by atoms with E-state index in [9.17, 15) is 14.8 Å². The number of hydroxylamine groups is 2. The molecule has 0 aromatic carbocycles. The first-order chi connectivity index (χ1) is 10.6. The number of carbonyl (C=O) groups is 2. The molecule has 2 saturated carbocycles. The SMILES string of the molecule is C1CC2CC2C1.O=C(O)CCCCCCC1COC(=O)N1O. The standard InChI is InChI=1S/C10H17NO5.C6H10/c12-9(13)6-4-2-1-3-5-8-7-16-10(14)11(8)15;1-2-5-4-6(5)3-1/h8,15H,1-7H2,(H,12,13);5-6H,1-4H2. The zero-order valence-electron chi connectivity index (χ0n) is 13.1. The van der Waals surface area contributed by atoms with E-state index in [0.29, 0.717) is 17.9 Å². The van der Waals surface area contributed by atoms with Gasteiger partial charge >= 0.3 is 12.1 Å². The summed E-state index contributed by atoms with van der Waals surface area (Å²) < 4.78 is 4.65. The lowest BCUT2D eigenvalue weighted by atomic mass is 10.1. The molecule has 1 heterocycles. The lowest BCUT2D eigenvalue weighted by molar-refractivity contribution is -0.137. The number of cyclic esters (lactones) is 1. The average molecular weight is 313 g/mol. The summed E-state index contributed by atoms with van der Waals surface area (Å²) >= 11 is 0. The number of nitrogens with zero attached hydrogens (tertiary/aromatic N) is 1. The van der Waals surface area contributed by atoms with Gasteiger partial charge in [0.1, 0.15) is 6.61 Å². The summed E-state index contributed by atoms with van der Waals surface area (Å²) in [5, 5.41) is 18.3. The number of carbonyl (C=O) groups excluding carboxylic acids is 1. The fraction of sp³-hybridized carbons (Fsp3) is 0.875. The first kappa shape index (κ1) is 17.1. The second-order valence-corrected chi connectivity index (χ2v) is 6.61. The zero-order valence-corrected chi connectivity index (χ0v) is 13.1. The third-order valence-corrected chi connectivity index (χ3v) is 4.83. The fourth-order valence-corrected chi connectivity index (χ4v) is 3.33. The largest absolute Gasteiger partial charge is 0.481 e. The lowest BCUT2D eigenvalue weighted by Gasteiger charge is -2.12. The summed E-state index contributed by atoms with van der Waals surface area (Å²) in [7, 11) is 0. The maximum Gasteiger partial charge on any atom is 0.434 e. The molecule has 0 bridgehead atoms. The van der Waals surface area contributed by atoms with E-state index in [1.54, 1.807) is 19.3 Å². The van der Waals surface area contributed by atoms with Crippen molar-refractivity contribution in [3.8, 4) is 0 Å². The van der Waals surface area contributed by atoms with Crippen LogP contribution in [0.5, 0.6) is 0 Å². The molecule has 3 rings (SSSR count). The molecular weight excluding hydrogens is 286 g/mol. The van der Waals surface area contributed by atoms with Crippen LogP contribution in [-0.4, -0.2) is 40.1 Å². The van der Waals surface area contributed by atoms with Crippen molar-refractivity contribution in [2.75, 3.05) is 6.61 Å². The van der Waals surface area contributed by atoms with Gasteiger partial charge in [-0.05, 0) is 31.1 Å². The minimum Gasteiger partial charge on any atom is -0.481 e. The molecule has 22 heavy (non-hydrogen) atoms. The Morgan fingerprint density at radius 2 is 1.86 bits per heavy atom. The Morgan fingerprint density at radius 3 is 2.32 bits per heavy atom. The number of aliphatic carboxylic acids is 1. The van der Waals surface area contributed by atoms with Gasteiger partial charge in [-0.25, -0.2) is 4.79 Å². The van der Waals surface area contributed by atoms with Crippen molar-refractivity contribution in [2.24, 2.45) is 11.8 Å². The van der Waals surface area contributed by atoms with E-state index in [0.717, 1.165) is 19.3 Å². The molecule has 6 nitrogen and oxygen atoms in total. The van der Waals surface area contributed by atoms with Crippen LogP contribution in [0.2, 0.25) is 0 Å². The molecule has 2 aliphatic carbocycles. The van der Waals surface area contributed by atoms with Crippen LogP contribution in [0.15, 0.2) is 0 Å². The first-order valence-electron chi connectivity index (χ1n) is 8.44. The number of carboxylic acid groups (broad SMARTS) is 1. The Balaban J connectivity index is 0.000000238. The summed E-state index contributed by atoms with van der Waals surface area (Å²) in [6.07, 6.45) is 9.76. The lowest BCUT2D eigenvalue weighted by Crippen LogP contribution is -2.29. The van der Waals surface area contributed by atoms with Crippen molar-refractivity contribution < 1.29 is 24.6 Å². The monoisotopic (exact) mass is 313 g/mol. The number of unbranched alkanes of at least 4 members (excludes halogenated alkanes) is 3. The van der Waals surface area contributed by atoms with Crippen molar-refractivity contribution in [2.45, 2.75) is 70.3 Å². The minimum absolute atomic E-state index is 0.206. The van der Waals surface area contributed by atoms with Crippen molar-refractivity contribution >= 4 is 12.1 Å². The predicted octanol–water partition coefficient (Wildman–Crippen LogP) is 3.43. The van der Waals surface area contributed by atoms with Crippen molar-refractivity contribution in [3.05, 3.63) is 0 Å². The normalized spacial score (nSPS) is 28.7. The van der Waals surface area contributed by atoms with Crippen LogP contribution in [0.4, 0.5) is 4.79 Å². The van der Waals surface area contributed by atoms with Gasteiger partial charge in [-0.3, -0.25) is 10.0 Å². The van der Waals surface area contributed by atoms with Crippen LogP contribution < -0.4 is 0 Å².